The van der Waals surface area contributed by atoms with Crippen LogP contribution in [0, 0.1) is 17.7 Å². The van der Waals surface area contributed by atoms with E-state index in [9.17, 15) is 14.0 Å². The smallest absolute Gasteiger partial charge is 0.227 e. The highest BCUT2D eigenvalue weighted by molar-refractivity contribution is 5.95. The van der Waals surface area contributed by atoms with E-state index in [0.717, 1.165) is 44.5 Å². The second-order valence-electron chi connectivity index (χ2n) is 8.40. The third-order valence-corrected chi connectivity index (χ3v) is 6.67. The van der Waals surface area contributed by atoms with Gasteiger partial charge in [0.05, 0.1) is 6.04 Å². The van der Waals surface area contributed by atoms with Crippen molar-refractivity contribution in [3.63, 3.8) is 0 Å². The fraction of sp³-hybridized carbons (Fsp3) is 0.619. The number of hydrogen-bond donors (Lipinski definition) is 2. The van der Waals surface area contributed by atoms with Crippen molar-refractivity contribution in [3.05, 3.63) is 29.1 Å². The summed E-state index contributed by atoms with van der Waals surface area (Å²) < 4.78 is 15.0. The van der Waals surface area contributed by atoms with Crippen LogP contribution in [0.3, 0.4) is 0 Å². The summed E-state index contributed by atoms with van der Waals surface area (Å²) in [5.41, 5.74) is 8.91. The Morgan fingerprint density at radius 2 is 2.00 bits per heavy atom. The Labute approximate surface area is 165 Å². The molecular weight excluding hydrogens is 359 g/mol. The summed E-state index contributed by atoms with van der Waals surface area (Å²) in [5, 5.41) is 0. The van der Waals surface area contributed by atoms with Gasteiger partial charge in [-0.2, -0.15) is 0 Å². The molecule has 152 valence electrons. The van der Waals surface area contributed by atoms with Gasteiger partial charge < -0.3 is 9.80 Å². The Balaban J connectivity index is 1.48. The number of hydrazine groups is 1. The van der Waals surface area contributed by atoms with E-state index in [0.29, 0.717) is 35.9 Å². The number of aryl methyl sites for hydroxylation is 1. The number of rotatable bonds is 3. The first kappa shape index (κ1) is 19.3. The molecule has 0 bridgehead atoms. The zero-order valence-electron chi connectivity index (χ0n) is 16.6. The number of fused-ring (bicyclic) bond motifs is 1. The molecule has 6 nitrogen and oxygen atoms in total. The normalized spacial score (nSPS) is 25.9. The summed E-state index contributed by atoms with van der Waals surface area (Å²) in [5.74, 6) is 0.812. The summed E-state index contributed by atoms with van der Waals surface area (Å²) in [4.78, 5) is 26.9. The lowest BCUT2D eigenvalue weighted by molar-refractivity contribution is -0.130. The van der Waals surface area contributed by atoms with E-state index in [1.54, 1.807) is 18.9 Å². The Bertz CT molecular complexity index is 776. The van der Waals surface area contributed by atoms with Crippen LogP contribution in [0.25, 0.3) is 0 Å². The average Bonchev–Trinajstić information content (AvgIpc) is 3.13. The highest BCUT2D eigenvalue weighted by atomic mass is 19.1. The molecule has 0 radical (unpaired) electrons. The molecule has 2 saturated heterocycles. The second-order valence-corrected chi connectivity index (χ2v) is 8.40. The number of halogens is 1. The molecule has 2 N–H and O–H groups in total. The number of benzene rings is 1. The molecule has 1 aromatic carbocycles. The Kier molecular flexibility index (Phi) is 5.38. The summed E-state index contributed by atoms with van der Waals surface area (Å²) in [6.07, 6.45) is 4.19. The number of carbonyl (C=O) groups is 2. The van der Waals surface area contributed by atoms with Gasteiger partial charge in [-0.25, -0.2) is 9.82 Å². The number of carbonyl (C=O) groups excluding carboxylic acids is 2. The maximum Gasteiger partial charge on any atom is 0.227 e. The molecule has 4 rings (SSSR count). The first-order chi connectivity index (χ1) is 13.4. The SMILES string of the molecule is CC(=O)N1CCC(CC2CNNC2c2cc3c(cc2F)N(C)C(=O)CC3)CC1. The van der Waals surface area contributed by atoms with Gasteiger partial charge >= 0.3 is 0 Å². The number of nitrogens with zero attached hydrogens (tertiary/aromatic N) is 2. The maximum atomic E-state index is 15.0. The second kappa shape index (κ2) is 7.79. The first-order valence-electron chi connectivity index (χ1n) is 10.3. The van der Waals surface area contributed by atoms with E-state index in [2.05, 4.69) is 10.9 Å². The molecule has 3 aliphatic rings. The van der Waals surface area contributed by atoms with Gasteiger partial charge in [0.25, 0.3) is 0 Å². The fourth-order valence-electron chi connectivity index (χ4n) is 4.92. The van der Waals surface area contributed by atoms with Crippen LogP contribution in [0.15, 0.2) is 12.1 Å². The van der Waals surface area contributed by atoms with Crippen molar-refractivity contribution in [2.45, 2.75) is 45.1 Å². The standard InChI is InChI=1S/C21H29FN4O2/c1-13(27)26-7-5-14(6-8-26)9-16-12-23-24-21(16)17-10-15-3-4-20(28)25(2)19(15)11-18(17)22/h10-11,14,16,21,23-24H,3-9,12H2,1-2H3. The van der Waals surface area contributed by atoms with Crippen LogP contribution in [-0.2, 0) is 16.0 Å². The molecule has 0 saturated carbocycles. The number of piperidine rings is 1. The van der Waals surface area contributed by atoms with Crippen molar-refractivity contribution < 1.29 is 14.0 Å². The minimum Gasteiger partial charge on any atom is -0.343 e. The third-order valence-electron chi connectivity index (χ3n) is 6.67. The lowest BCUT2D eigenvalue weighted by Crippen LogP contribution is -2.37. The van der Waals surface area contributed by atoms with Crippen LogP contribution in [0.5, 0.6) is 0 Å². The largest absolute Gasteiger partial charge is 0.343 e. The minimum absolute atomic E-state index is 0.0371. The molecule has 1 aromatic rings. The predicted octanol–water partition coefficient (Wildman–Crippen LogP) is 2.15. The maximum absolute atomic E-state index is 15.0. The van der Waals surface area contributed by atoms with Crippen molar-refractivity contribution in [1.29, 1.82) is 0 Å². The van der Waals surface area contributed by atoms with E-state index < -0.39 is 0 Å². The third kappa shape index (κ3) is 3.65. The Morgan fingerprint density at radius 3 is 2.71 bits per heavy atom. The molecule has 3 aliphatic heterocycles. The van der Waals surface area contributed by atoms with Crippen LogP contribution in [0.4, 0.5) is 10.1 Å². The number of amides is 2. The summed E-state index contributed by atoms with van der Waals surface area (Å²) in [6, 6.07) is 3.40. The lowest BCUT2D eigenvalue weighted by Gasteiger charge is -2.33. The summed E-state index contributed by atoms with van der Waals surface area (Å²) >= 11 is 0. The van der Waals surface area contributed by atoms with Crippen molar-refractivity contribution in [2.75, 3.05) is 31.6 Å². The van der Waals surface area contributed by atoms with Gasteiger partial charge in [0.1, 0.15) is 5.82 Å². The van der Waals surface area contributed by atoms with Crippen LogP contribution >= 0.6 is 0 Å². The first-order valence-corrected chi connectivity index (χ1v) is 10.3. The van der Waals surface area contributed by atoms with Gasteiger partial charge in [-0.1, -0.05) is 0 Å². The molecule has 3 heterocycles. The van der Waals surface area contributed by atoms with Gasteiger partial charge in [-0.15, -0.1) is 0 Å². The zero-order chi connectivity index (χ0) is 19.8. The molecular formula is C21H29FN4O2. The molecule has 0 spiro atoms. The van der Waals surface area contributed by atoms with E-state index in [1.807, 2.05) is 11.0 Å². The summed E-state index contributed by atoms with van der Waals surface area (Å²) in [7, 11) is 1.71. The molecule has 0 aliphatic carbocycles. The van der Waals surface area contributed by atoms with Crippen LogP contribution < -0.4 is 15.8 Å². The molecule has 2 atom stereocenters. The van der Waals surface area contributed by atoms with Gasteiger partial charge in [0.2, 0.25) is 11.8 Å². The van der Waals surface area contributed by atoms with Crippen molar-refractivity contribution in [2.24, 2.45) is 11.8 Å². The van der Waals surface area contributed by atoms with Crippen LogP contribution in [-0.4, -0.2) is 43.4 Å². The quantitative estimate of drug-likeness (QED) is 0.833. The number of likely N-dealkylation sites (tertiary alicyclic amines) is 1. The van der Waals surface area contributed by atoms with Crippen molar-refractivity contribution in [1.82, 2.24) is 15.8 Å². The molecule has 28 heavy (non-hydrogen) atoms. The highest BCUT2D eigenvalue weighted by Gasteiger charge is 2.34. The van der Waals surface area contributed by atoms with Crippen LogP contribution in [0.2, 0.25) is 0 Å². The summed E-state index contributed by atoms with van der Waals surface area (Å²) in [6.45, 7) is 4.09. The van der Waals surface area contributed by atoms with Crippen LogP contribution in [0.1, 0.15) is 49.8 Å². The Morgan fingerprint density at radius 1 is 1.25 bits per heavy atom. The molecule has 2 amide bonds. The van der Waals surface area contributed by atoms with Crippen molar-refractivity contribution in [3.8, 4) is 0 Å². The number of anilines is 1. The predicted molar refractivity (Wildman–Crippen MR) is 105 cm³/mol. The topological polar surface area (TPSA) is 64.7 Å². The molecule has 7 heteroatoms. The zero-order valence-corrected chi connectivity index (χ0v) is 16.6. The lowest BCUT2D eigenvalue weighted by atomic mass is 9.82. The fourth-order valence-corrected chi connectivity index (χ4v) is 4.92. The molecule has 2 fully saturated rings. The highest BCUT2D eigenvalue weighted by Crippen LogP contribution is 2.37. The van der Waals surface area contributed by atoms with Gasteiger partial charge in [-0.3, -0.25) is 15.0 Å². The number of nitrogens with one attached hydrogen (secondary N) is 2. The van der Waals surface area contributed by atoms with Gasteiger partial charge in [-0.05, 0) is 55.2 Å². The van der Waals surface area contributed by atoms with E-state index in [-0.39, 0.29) is 23.7 Å². The van der Waals surface area contributed by atoms with E-state index in [4.69, 9.17) is 0 Å². The van der Waals surface area contributed by atoms with E-state index >= 15 is 0 Å². The van der Waals surface area contributed by atoms with Crippen molar-refractivity contribution >= 4 is 17.5 Å². The van der Waals surface area contributed by atoms with E-state index in [1.165, 1.54) is 6.07 Å². The average molecular weight is 388 g/mol. The number of hydrogen-bond acceptors (Lipinski definition) is 4. The molecule has 0 aromatic heterocycles. The molecule has 2 unspecified atom stereocenters. The minimum atomic E-state index is -0.252. The monoisotopic (exact) mass is 388 g/mol. The Hall–Kier alpha value is -1.99. The van der Waals surface area contributed by atoms with Gasteiger partial charge in [0.15, 0.2) is 0 Å². The van der Waals surface area contributed by atoms with Gasteiger partial charge in [0, 0.05) is 51.3 Å².